The Morgan fingerprint density at radius 2 is 1.96 bits per heavy atom. The Morgan fingerprint density at radius 1 is 1.17 bits per heavy atom. The van der Waals surface area contributed by atoms with Crippen molar-refractivity contribution in [3.8, 4) is 11.3 Å². The predicted molar refractivity (Wildman–Crippen MR) is 95.8 cm³/mol. The molecule has 1 aromatic carbocycles. The highest BCUT2D eigenvalue weighted by Gasteiger charge is 2.24. The van der Waals surface area contributed by atoms with Gasteiger partial charge in [0.15, 0.2) is 4.88 Å². The highest BCUT2D eigenvalue weighted by molar-refractivity contribution is 7.12. The van der Waals surface area contributed by atoms with E-state index >= 15 is 0 Å². The topological polar surface area (TPSA) is 68.3 Å². The molecule has 1 N–H and O–H groups in total. The number of carbonyl (C=O) groups excluding carboxylic acids is 2. The maximum Gasteiger partial charge on any atom is 0.352 e. The van der Waals surface area contributed by atoms with Crippen LogP contribution in [0.25, 0.3) is 11.3 Å². The van der Waals surface area contributed by atoms with E-state index in [4.69, 9.17) is 4.74 Å². The van der Waals surface area contributed by atoms with Crippen LogP contribution in [-0.4, -0.2) is 22.9 Å². The minimum atomic E-state index is -0.487. The maximum absolute atomic E-state index is 12.4. The van der Waals surface area contributed by atoms with Crippen LogP contribution in [0.1, 0.15) is 26.3 Å². The number of esters is 1. The summed E-state index contributed by atoms with van der Waals surface area (Å²) < 4.78 is 9.43. The fraction of sp³-hybridized carbons (Fsp3) is 0.118. The van der Waals surface area contributed by atoms with Gasteiger partial charge in [-0.15, -0.1) is 11.3 Å². The van der Waals surface area contributed by atoms with Gasteiger partial charge < -0.3 is 10.1 Å². The molecule has 0 saturated carbocycles. The molecular weight excluding hydrogens is 344 g/mol. The molecule has 0 fully saturated rings. The van der Waals surface area contributed by atoms with E-state index in [2.05, 4.69) is 9.69 Å². The molecule has 3 aromatic rings. The summed E-state index contributed by atoms with van der Waals surface area (Å²) in [6, 6.07) is 12.9. The summed E-state index contributed by atoms with van der Waals surface area (Å²) in [7, 11) is 0. The van der Waals surface area contributed by atoms with E-state index in [1.807, 2.05) is 35.7 Å². The van der Waals surface area contributed by atoms with Gasteiger partial charge in [0.25, 0.3) is 5.91 Å². The summed E-state index contributed by atoms with van der Waals surface area (Å²) in [4.78, 5) is 25.4. The van der Waals surface area contributed by atoms with Gasteiger partial charge in [0.05, 0.1) is 17.2 Å². The summed E-state index contributed by atoms with van der Waals surface area (Å²) in [5, 5.41) is 4.64. The average Bonchev–Trinajstić information content (AvgIpc) is 3.26. The second kappa shape index (κ2) is 7.37. The van der Waals surface area contributed by atoms with E-state index in [1.54, 1.807) is 19.1 Å². The Hall–Kier alpha value is -2.51. The number of hydrogen-bond donors (Lipinski definition) is 1. The smallest absolute Gasteiger partial charge is 0.352 e. The molecule has 0 atom stereocenters. The SMILES string of the molecule is CCOC(=O)c1snc(-c2ccccc2)c1NC(=O)c1cccs1. The predicted octanol–water partition coefficient (Wildman–Crippen LogP) is 4.30. The van der Waals surface area contributed by atoms with Crippen LogP contribution in [0.2, 0.25) is 0 Å². The van der Waals surface area contributed by atoms with Crippen LogP contribution in [0.4, 0.5) is 5.69 Å². The van der Waals surface area contributed by atoms with Gasteiger partial charge in [-0.25, -0.2) is 4.79 Å². The number of nitrogens with zero attached hydrogens (tertiary/aromatic N) is 1. The average molecular weight is 358 g/mol. The fourth-order valence-electron chi connectivity index (χ4n) is 2.12. The Kier molecular flexibility index (Phi) is 5.02. The third-order valence-electron chi connectivity index (χ3n) is 3.18. The first kappa shape index (κ1) is 16.4. The Balaban J connectivity index is 2.01. The molecule has 3 rings (SSSR count). The zero-order valence-electron chi connectivity index (χ0n) is 12.8. The Morgan fingerprint density at radius 3 is 2.62 bits per heavy atom. The molecule has 0 radical (unpaired) electrons. The number of rotatable bonds is 5. The van der Waals surface area contributed by atoms with Crippen LogP contribution in [-0.2, 0) is 4.74 Å². The van der Waals surface area contributed by atoms with Gasteiger partial charge in [-0.3, -0.25) is 4.79 Å². The van der Waals surface area contributed by atoms with E-state index in [-0.39, 0.29) is 12.5 Å². The van der Waals surface area contributed by atoms with E-state index < -0.39 is 5.97 Å². The molecule has 122 valence electrons. The van der Waals surface area contributed by atoms with Gasteiger partial charge in [-0.05, 0) is 29.9 Å². The number of thiophene rings is 1. The summed E-state index contributed by atoms with van der Waals surface area (Å²) in [5.41, 5.74) is 1.78. The molecule has 0 aliphatic rings. The molecule has 0 aliphatic carbocycles. The summed E-state index contributed by atoms with van der Waals surface area (Å²) in [6.45, 7) is 2.00. The highest BCUT2D eigenvalue weighted by atomic mass is 32.1. The first-order valence-electron chi connectivity index (χ1n) is 7.27. The molecule has 24 heavy (non-hydrogen) atoms. The first-order chi connectivity index (χ1) is 11.7. The van der Waals surface area contributed by atoms with Gasteiger partial charge >= 0.3 is 5.97 Å². The Bertz CT molecular complexity index is 842. The largest absolute Gasteiger partial charge is 0.462 e. The van der Waals surface area contributed by atoms with Gasteiger partial charge in [0, 0.05) is 5.56 Å². The Labute approximate surface area is 147 Å². The van der Waals surface area contributed by atoms with Gasteiger partial charge in [0.1, 0.15) is 5.69 Å². The molecule has 0 unspecified atom stereocenters. The lowest BCUT2D eigenvalue weighted by Gasteiger charge is -2.07. The van der Waals surface area contributed by atoms with Crippen molar-refractivity contribution in [2.24, 2.45) is 0 Å². The van der Waals surface area contributed by atoms with E-state index in [1.165, 1.54) is 11.3 Å². The molecule has 0 saturated heterocycles. The van der Waals surface area contributed by atoms with Gasteiger partial charge in [-0.2, -0.15) is 4.37 Å². The number of anilines is 1. The van der Waals surface area contributed by atoms with Crippen molar-refractivity contribution in [3.05, 3.63) is 57.6 Å². The molecular formula is C17H14N2O3S2. The maximum atomic E-state index is 12.4. The van der Waals surface area contributed by atoms with Crippen LogP contribution in [0.3, 0.4) is 0 Å². The zero-order valence-corrected chi connectivity index (χ0v) is 14.4. The lowest BCUT2D eigenvalue weighted by atomic mass is 10.1. The van der Waals surface area contributed by atoms with Crippen molar-refractivity contribution in [1.82, 2.24) is 4.37 Å². The second-order valence-corrected chi connectivity index (χ2v) is 6.47. The number of hydrogen-bond acceptors (Lipinski definition) is 6. The molecule has 0 aliphatic heterocycles. The molecule has 7 heteroatoms. The zero-order chi connectivity index (χ0) is 16.9. The quantitative estimate of drug-likeness (QED) is 0.691. The van der Waals surface area contributed by atoms with E-state index in [9.17, 15) is 9.59 Å². The summed E-state index contributed by atoms with van der Waals surface area (Å²) in [5.74, 6) is -0.758. The third kappa shape index (κ3) is 3.37. The molecule has 2 aromatic heterocycles. The standard InChI is InChI=1S/C17H14N2O3S2/c1-2-22-17(21)15-14(18-16(20)12-9-6-10-23-12)13(19-24-15)11-7-4-3-5-8-11/h3-10H,2H2,1H3,(H,18,20). The van der Waals surface area contributed by atoms with Crippen molar-refractivity contribution < 1.29 is 14.3 Å². The summed E-state index contributed by atoms with van der Waals surface area (Å²) in [6.07, 6.45) is 0. The number of amides is 1. The van der Waals surface area contributed by atoms with Crippen LogP contribution < -0.4 is 5.32 Å². The van der Waals surface area contributed by atoms with Gasteiger partial charge in [0.2, 0.25) is 0 Å². The minimum absolute atomic E-state index is 0.260. The number of aromatic nitrogens is 1. The number of ether oxygens (including phenoxy) is 1. The molecule has 2 heterocycles. The van der Waals surface area contributed by atoms with Crippen LogP contribution in [0.15, 0.2) is 47.8 Å². The van der Waals surface area contributed by atoms with Crippen molar-refractivity contribution in [3.63, 3.8) is 0 Å². The number of nitrogens with one attached hydrogen (secondary N) is 1. The van der Waals surface area contributed by atoms with Crippen LogP contribution in [0.5, 0.6) is 0 Å². The van der Waals surface area contributed by atoms with Crippen LogP contribution in [0, 0.1) is 0 Å². The van der Waals surface area contributed by atoms with Crippen molar-refractivity contribution in [2.45, 2.75) is 6.92 Å². The van der Waals surface area contributed by atoms with E-state index in [0.29, 0.717) is 21.1 Å². The van der Waals surface area contributed by atoms with Crippen LogP contribution >= 0.6 is 22.9 Å². The lowest BCUT2D eigenvalue weighted by Crippen LogP contribution is -2.14. The van der Waals surface area contributed by atoms with Crippen molar-refractivity contribution in [1.29, 1.82) is 0 Å². The third-order valence-corrected chi connectivity index (χ3v) is 4.88. The lowest BCUT2D eigenvalue weighted by molar-refractivity contribution is 0.0533. The molecule has 5 nitrogen and oxygen atoms in total. The molecule has 0 bridgehead atoms. The summed E-state index contributed by atoms with van der Waals surface area (Å²) >= 11 is 2.36. The van der Waals surface area contributed by atoms with E-state index in [0.717, 1.165) is 17.1 Å². The van der Waals surface area contributed by atoms with Crippen molar-refractivity contribution in [2.75, 3.05) is 11.9 Å². The monoisotopic (exact) mass is 358 g/mol. The van der Waals surface area contributed by atoms with Crippen molar-refractivity contribution >= 4 is 40.4 Å². The minimum Gasteiger partial charge on any atom is -0.462 e. The highest BCUT2D eigenvalue weighted by Crippen LogP contribution is 2.34. The first-order valence-corrected chi connectivity index (χ1v) is 8.93. The second-order valence-electron chi connectivity index (χ2n) is 4.75. The molecule has 1 amide bonds. The molecule has 0 spiro atoms. The normalized spacial score (nSPS) is 10.4. The number of benzene rings is 1. The number of carbonyl (C=O) groups is 2. The van der Waals surface area contributed by atoms with Gasteiger partial charge in [-0.1, -0.05) is 36.4 Å². The fourth-order valence-corrected chi connectivity index (χ4v) is 3.49.